The zero-order chi connectivity index (χ0) is 12.2. The Morgan fingerprint density at radius 3 is 2.62 bits per heavy atom. The number of hydrogen-bond acceptors (Lipinski definition) is 3. The van der Waals surface area contributed by atoms with Gasteiger partial charge in [-0.15, -0.1) is 11.8 Å². The lowest BCUT2D eigenvalue weighted by Crippen LogP contribution is -2.25. The van der Waals surface area contributed by atoms with Gasteiger partial charge in [-0.2, -0.15) is 5.10 Å². The average molecular weight is 241 g/mol. The lowest BCUT2D eigenvalue weighted by atomic mass is 10.4. The van der Waals surface area contributed by atoms with E-state index in [0.717, 1.165) is 0 Å². The maximum absolute atomic E-state index is 11.9. The van der Waals surface area contributed by atoms with Crippen molar-refractivity contribution in [2.24, 2.45) is 0 Å². The molecule has 0 aliphatic rings. The van der Waals surface area contributed by atoms with Gasteiger partial charge in [0.2, 0.25) is 10.0 Å². The van der Waals surface area contributed by atoms with Gasteiger partial charge in [0.1, 0.15) is 4.90 Å². The van der Waals surface area contributed by atoms with Crippen molar-refractivity contribution in [1.82, 2.24) is 14.9 Å². The van der Waals surface area contributed by atoms with Crippen LogP contribution >= 0.6 is 0 Å². The van der Waals surface area contributed by atoms with Crippen molar-refractivity contribution < 1.29 is 8.42 Å². The number of rotatable bonds is 4. The van der Waals surface area contributed by atoms with Crippen LogP contribution in [0.3, 0.4) is 0 Å². The quantitative estimate of drug-likeness (QED) is 0.602. The largest absolute Gasteiger partial charge is 0.281 e. The van der Waals surface area contributed by atoms with Crippen LogP contribution in [0, 0.1) is 25.7 Å². The van der Waals surface area contributed by atoms with Crippen LogP contribution in [0.15, 0.2) is 4.90 Å². The van der Waals surface area contributed by atoms with Crippen molar-refractivity contribution in [2.75, 3.05) is 6.54 Å². The molecular weight excluding hydrogens is 226 g/mol. The second kappa shape index (κ2) is 5.14. The Morgan fingerprint density at radius 2 is 2.12 bits per heavy atom. The van der Waals surface area contributed by atoms with Crippen LogP contribution in [0.2, 0.25) is 0 Å². The van der Waals surface area contributed by atoms with Gasteiger partial charge in [-0.25, -0.2) is 13.1 Å². The highest BCUT2D eigenvalue weighted by molar-refractivity contribution is 7.89. The van der Waals surface area contributed by atoms with Crippen molar-refractivity contribution in [2.45, 2.75) is 32.1 Å². The van der Waals surface area contributed by atoms with Gasteiger partial charge < -0.3 is 0 Å². The topological polar surface area (TPSA) is 74.8 Å². The number of aromatic nitrogens is 2. The summed E-state index contributed by atoms with van der Waals surface area (Å²) >= 11 is 0. The molecule has 2 N–H and O–H groups in total. The van der Waals surface area contributed by atoms with Gasteiger partial charge >= 0.3 is 0 Å². The molecule has 0 radical (unpaired) electrons. The van der Waals surface area contributed by atoms with E-state index in [1.165, 1.54) is 0 Å². The van der Waals surface area contributed by atoms with Crippen LogP contribution in [-0.2, 0) is 10.0 Å². The first kappa shape index (κ1) is 12.7. The van der Waals surface area contributed by atoms with E-state index in [1.807, 2.05) is 0 Å². The van der Waals surface area contributed by atoms with E-state index in [9.17, 15) is 8.42 Å². The third kappa shape index (κ3) is 2.84. The predicted molar refractivity (Wildman–Crippen MR) is 61.3 cm³/mol. The molecule has 0 aliphatic heterocycles. The van der Waals surface area contributed by atoms with Crippen molar-refractivity contribution >= 4 is 10.0 Å². The minimum Gasteiger partial charge on any atom is -0.281 e. The normalized spacial score (nSPS) is 10.9. The van der Waals surface area contributed by atoms with Crippen LogP contribution < -0.4 is 4.72 Å². The molecule has 0 amide bonds. The van der Waals surface area contributed by atoms with Gasteiger partial charge in [0, 0.05) is 13.0 Å². The minimum atomic E-state index is -3.47. The van der Waals surface area contributed by atoms with E-state index in [1.54, 1.807) is 20.8 Å². The van der Waals surface area contributed by atoms with Gasteiger partial charge in [-0.3, -0.25) is 5.10 Å². The van der Waals surface area contributed by atoms with Crippen molar-refractivity contribution in [3.05, 3.63) is 11.4 Å². The smallest absolute Gasteiger partial charge is 0.244 e. The molecule has 0 aromatic carbocycles. The summed E-state index contributed by atoms with van der Waals surface area (Å²) in [6.07, 6.45) is 0.506. The number of nitrogens with zero attached hydrogens (tertiary/aromatic N) is 1. The van der Waals surface area contributed by atoms with Crippen LogP contribution in [-0.4, -0.2) is 25.2 Å². The maximum atomic E-state index is 11.9. The summed E-state index contributed by atoms with van der Waals surface area (Å²) in [6.45, 7) is 5.37. The lowest BCUT2D eigenvalue weighted by molar-refractivity contribution is 0.581. The number of hydrogen-bond donors (Lipinski definition) is 2. The molecule has 1 aromatic rings. The molecule has 0 atom stereocenters. The van der Waals surface area contributed by atoms with E-state index in [4.69, 9.17) is 0 Å². The van der Waals surface area contributed by atoms with E-state index in [-0.39, 0.29) is 4.90 Å². The molecule has 0 bridgehead atoms. The molecule has 1 rings (SSSR count). The highest BCUT2D eigenvalue weighted by atomic mass is 32.2. The Labute approximate surface area is 95.7 Å². The number of nitrogens with one attached hydrogen (secondary N) is 2. The molecule has 6 heteroatoms. The van der Waals surface area contributed by atoms with Gasteiger partial charge in [-0.1, -0.05) is 0 Å². The molecule has 88 valence electrons. The second-order valence-electron chi connectivity index (χ2n) is 3.34. The van der Waals surface area contributed by atoms with Crippen LogP contribution in [0.4, 0.5) is 0 Å². The zero-order valence-electron chi connectivity index (χ0n) is 9.59. The van der Waals surface area contributed by atoms with Crippen molar-refractivity contribution in [1.29, 1.82) is 0 Å². The molecule has 0 saturated heterocycles. The highest BCUT2D eigenvalue weighted by Crippen LogP contribution is 2.15. The SMILES string of the molecule is CC#CCCNS(=O)(=O)c1c(C)n[nH]c1C. The minimum absolute atomic E-state index is 0.233. The first-order valence-electron chi connectivity index (χ1n) is 4.90. The Kier molecular flexibility index (Phi) is 4.10. The number of aryl methyl sites for hydroxylation is 2. The zero-order valence-corrected chi connectivity index (χ0v) is 10.4. The number of H-pyrrole nitrogens is 1. The van der Waals surface area contributed by atoms with Crippen LogP contribution in [0.25, 0.3) is 0 Å². The van der Waals surface area contributed by atoms with Gasteiger partial charge in [0.15, 0.2) is 0 Å². The summed E-state index contributed by atoms with van der Waals surface area (Å²) in [7, 11) is -3.47. The summed E-state index contributed by atoms with van der Waals surface area (Å²) in [5.74, 6) is 5.50. The number of aromatic amines is 1. The summed E-state index contributed by atoms with van der Waals surface area (Å²) in [6, 6.07) is 0. The molecule has 1 heterocycles. The average Bonchev–Trinajstić information content (AvgIpc) is 2.54. The Bertz CT molecular complexity index is 500. The van der Waals surface area contributed by atoms with E-state index < -0.39 is 10.0 Å². The Hall–Kier alpha value is -1.32. The second-order valence-corrected chi connectivity index (χ2v) is 5.04. The van der Waals surface area contributed by atoms with E-state index in [0.29, 0.717) is 24.4 Å². The molecule has 5 nitrogen and oxygen atoms in total. The van der Waals surface area contributed by atoms with E-state index >= 15 is 0 Å². The first-order chi connectivity index (χ1) is 7.49. The maximum Gasteiger partial charge on any atom is 0.244 e. The molecule has 0 fully saturated rings. The molecule has 0 unspecified atom stereocenters. The summed E-state index contributed by atoms with van der Waals surface area (Å²) in [4.78, 5) is 0.233. The standard InChI is InChI=1S/C10H15N3O2S/c1-4-5-6-7-11-16(14,15)10-8(2)12-13-9(10)3/h11H,6-7H2,1-3H3,(H,12,13). The Balaban J connectivity index is 2.81. The molecular formula is C10H15N3O2S. The summed E-state index contributed by atoms with van der Waals surface area (Å²) in [5, 5.41) is 6.50. The fourth-order valence-electron chi connectivity index (χ4n) is 1.38. The molecule has 1 aromatic heterocycles. The summed E-state index contributed by atoms with van der Waals surface area (Å²) in [5.41, 5.74) is 1.03. The molecule has 16 heavy (non-hydrogen) atoms. The lowest BCUT2D eigenvalue weighted by Gasteiger charge is -2.04. The summed E-state index contributed by atoms with van der Waals surface area (Å²) < 4.78 is 26.2. The fourth-order valence-corrected chi connectivity index (χ4v) is 2.78. The van der Waals surface area contributed by atoms with Gasteiger partial charge in [-0.05, 0) is 20.8 Å². The fraction of sp³-hybridized carbons (Fsp3) is 0.500. The Morgan fingerprint density at radius 1 is 1.44 bits per heavy atom. The van der Waals surface area contributed by atoms with E-state index in [2.05, 4.69) is 26.8 Å². The van der Waals surface area contributed by atoms with Crippen LogP contribution in [0.1, 0.15) is 24.7 Å². The van der Waals surface area contributed by atoms with Crippen molar-refractivity contribution in [3.8, 4) is 11.8 Å². The highest BCUT2D eigenvalue weighted by Gasteiger charge is 2.21. The molecule has 0 spiro atoms. The predicted octanol–water partition coefficient (Wildman–Crippen LogP) is 0.718. The van der Waals surface area contributed by atoms with Crippen LogP contribution in [0.5, 0.6) is 0 Å². The third-order valence-electron chi connectivity index (χ3n) is 2.05. The number of sulfonamides is 1. The van der Waals surface area contributed by atoms with Gasteiger partial charge in [0.25, 0.3) is 0 Å². The monoisotopic (exact) mass is 241 g/mol. The molecule has 0 saturated carbocycles. The first-order valence-corrected chi connectivity index (χ1v) is 6.38. The third-order valence-corrected chi connectivity index (χ3v) is 3.77. The molecule has 0 aliphatic carbocycles. The van der Waals surface area contributed by atoms with Gasteiger partial charge in [0.05, 0.1) is 11.4 Å². The van der Waals surface area contributed by atoms with Crippen molar-refractivity contribution in [3.63, 3.8) is 0 Å².